The summed E-state index contributed by atoms with van der Waals surface area (Å²) < 4.78 is 4.38. The molecule has 2 N–H and O–H groups in total. The third-order valence-corrected chi connectivity index (χ3v) is 6.50. The van der Waals surface area contributed by atoms with Crippen molar-refractivity contribution in [1.82, 2.24) is 24.1 Å². The lowest BCUT2D eigenvalue weighted by atomic mass is 10.2. The predicted molar refractivity (Wildman–Crippen MR) is 106 cm³/mol. The largest absolute Gasteiger partial charge is 0.395 e. The second-order valence-electron chi connectivity index (χ2n) is 7.19. The molecule has 0 aliphatic carbocycles. The summed E-state index contributed by atoms with van der Waals surface area (Å²) in [5, 5.41) is 26.9. The zero-order valence-corrected chi connectivity index (χ0v) is 17.0. The van der Waals surface area contributed by atoms with Crippen molar-refractivity contribution in [3.63, 3.8) is 0 Å². The van der Waals surface area contributed by atoms with Gasteiger partial charge in [0.1, 0.15) is 5.69 Å². The highest BCUT2D eigenvalue weighted by atomic mass is 32.2. The molecular formula is C18H27N5O4S. The van der Waals surface area contributed by atoms with Crippen molar-refractivity contribution < 1.29 is 10.2 Å². The van der Waals surface area contributed by atoms with E-state index in [1.807, 2.05) is 0 Å². The molecule has 10 heteroatoms. The van der Waals surface area contributed by atoms with Crippen molar-refractivity contribution in [2.45, 2.75) is 69.3 Å². The van der Waals surface area contributed by atoms with E-state index in [9.17, 15) is 19.8 Å². The summed E-state index contributed by atoms with van der Waals surface area (Å²) in [6, 6.07) is 0. The van der Waals surface area contributed by atoms with E-state index in [2.05, 4.69) is 17.2 Å². The lowest BCUT2D eigenvalue weighted by Gasteiger charge is -2.16. The summed E-state index contributed by atoms with van der Waals surface area (Å²) in [5.74, 6) is 0. The molecule has 1 aliphatic rings. The Morgan fingerprint density at radius 1 is 1.29 bits per heavy atom. The molecule has 28 heavy (non-hydrogen) atoms. The third kappa shape index (κ3) is 4.39. The summed E-state index contributed by atoms with van der Waals surface area (Å²) in [6.07, 6.45) is 6.19. The number of thioether (sulfide) groups is 1. The second kappa shape index (κ2) is 9.06. The molecule has 154 valence electrons. The quantitative estimate of drug-likeness (QED) is 0.610. The van der Waals surface area contributed by atoms with Crippen LogP contribution in [0.15, 0.2) is 22.0 Å². The molecule has 3 atom stereocenters. The molecule has 1 fully saturated rings. The van der Waals surface area contributed by atoms with Gasteiger partial charge in [-0.05, 0) is 13.3 Å². The van der Waals surface area contributed by atoms with Gasteiger partial charge in [0.25, 0.3) is 5.56 Å². The van der Waals surface area contributed by atoms with E-state index in [0.717, 1.165) is 30.4 Å². The van der Waals surface area contributed by atoms with Gasteiger partial charge in [0, 0.05) is 24.7 Å². The van der Waals surface area contributed by atoms with Crippen molar-refractivity contribution in [3.8, 4) is 0 Å². The molecule has 2 aromatic heterocycles. The molecule has 3 rings (SSSR count). The van der Waals surface area contributed by atoms with Crippen molar-refractivity contribution in [2.24, 2.45) is 0 Å². The van der Waals surface area contributed by atoms with Crippen LogP contribution in [-0.4, -0.2) is 52.3 Å². The Morgan fingerprint density at radius 2 is 2.07 bits per heavy atom. The predicted octanol–water partition coefficient (Wildman–Crippen LogP) is 0.506. The normalized spacial score (nSPS) is 22.1. The smallest absolute Gasteiger partial charge is 0.332 e. The Labute approximate surface area is 167 Å². The van der Waals surface area contributed by atoms with Crippen LogP contribution in [0.2, 0.25) is 0 Å². The van der Waals surface area contributed by atoms with Crippen LogP contribution < -0.4 is 11.2 Å². The first-order chi connectivity index (χ1) is 13.4. The molecule has 0 amide bonds. The number of nitrogens with zero attached hydrogens (tertiary/aromatic N) is 5. The Kier molecular flexibility index (Phi) is 6.73. The maximum absolute atomic E-state index is 13.0. The molecule has 0 spiro atoms. The summed E-state index contributed by atoms with van der Waals surface area (Å²) in [4.78, 5) is 25.5. The summed E-state index contributed by atoms with van der Waals surface area (Å²) >= 11 is 1.35. The van der Waals surface area contributed by atoms with Gasteiger partial charge in [0.2, 0.25) is 0 Å². The lowest BCUT2D eigenvalue weighted by Crippen LogP contribution is -2.41. The fraction of sp³-hybridized carbons (Fsp3) is 0.667. The maximum Gasteiger partial charge on any atom is 0.332 e. The molecule has 9 nitrogen and oxygen atoms in total. The van der Waals surface area contributed by atoms with E-state index in [1.54, 1.807) is 17.8 Å². The molecule has 1 saturated heterocycles. The van der Waals surface area contributed by atoms with Gasteiger partial charge >= 0.3 is 5.69 Å². The monoisotopic (exact) mass is 409 g/mol. The van der Waals surface area contributed by atoms with Crippen molar-refractivity contribution >= 4 is 11.8 Å². The van der Waals surface area contributed by atoms with Gasteiger partial charge in [-0.1, -0.05) is 25.0 Å². The van der Waals surface area contributed by atoms with E-state index >= 15 is 0 Å². The van der Waals surface area contributed by atoms with Gasteiger partial charge < -0.3 is 10.2 Å². The number of aliphatic hydroxyl groups excluding tert-OH is 2. The van der Waals surface area contributed by atoms with Crippen LogP contribution in [0.4, 0.5) is 0 Å². The average molecular weight is 410 g/mol. The zero-order valence-electron chi connectivity index (χ0n) is 16.2. The zero-order chi connectivity index (χ0) is 20.3. The summed E-state index contributed by atoms with van der Waals surface area (Å²) in [5.41, 5.74) is 0.195. The van der Waals surface area contributed by atoms with Crippen LogP contribution in [0, 0.1) is 6.92 Å². The van der Waals surface area contributed by atoms with Crippen LogP contribution >= 0.6 is 11.8 Å². The van der Waals surface area contributed by atoms with Gasteiger partial charge in [0.05, 0.1) is 36.1 Å². The first-order valence-electron chi connectivity index (χ1n) is 9.60. The minimum atomic E-state index is -0.685. The summed E-state index contributed by atoms with van der Waals surface area (Å²) in [6.45, 7) is 4.45. The number of unbranched alkanes of at least 4 members (excludes halogenated alkanes) is 2. The van der Waals surface area contributed by atoms with E-state index in [1.165, 1.54) is 22.5 Å². The van der Waals surface area contributed by atoms with Crippen LogP contribution in [0.5, 0.6) is 0 Å². The van der Waals surface area contributed by atoms with E-state index in [4.69, 9.17) is 0 Å². The minimum Gasteiger partial charge on any atom is -0.395 e. The van der Waals surface area contributed by atoms with Gasteiger partial charge in [-0.2, -0.15) is 0 Å². The van der Waals surface area contributed by atoms with Crippen LogP contribution in [0.3, 0.4) is 0 Å². The minimum absolute atomic E-state index is 0.0521. The number of rotatable bonds is 8. The van der Waals surface area contributed by atoms with Crippen LogP contribution in [0.25, 0.3) is 0 Å². The summed E-state index contributed by atoms with van der Waals surface area (Å²) in [7, 11) is 0. The number of aliphatic hydroxyl groups is 2. The standard InChI is InChI=1S/C18H27N5O4S/c1-3-4-5-6-21-9-13(19-20-21)10-23-17(26)12(2)8-22(18(23)27)16-7-14(25)15(11-24)28-16/h8-9,14-16,24-25H,3-7,10-11H2,1-2H3/t14?,15-,16?/m1/s1. The molecule has 2 unspecified atom stereocenters. The van der Waals surface area contributed by atoms with E-state index < -0.39 is 11.8 Å². The SMILES string of the molecule is CCCCCn1cc(Cn2c(=O)c(C)cn(C3CC(O)[C@@H](CO)S3)c2=O)nn1. The number of aromatic nitrogens is 5. The van der Waals surface area contributed by atoms with Gasteiger partial charge in [-0.25, -0.2) is 4.79 Å². The highest BCUT2D eigenvalue weighted by molar-refractivity contribution is 8.00. The fourth-order valence-electron chi connectivity index (χ4n) is 3.36. The number of hydrogen-bond donors (Lipinski definition) is 2. The fourth-order valence-corrected chi connectivity index (χ4v) is 4.73. The van der Waals surface area contributed by atoms with Crippen molar-refractivity contribution in [1.29, 1.82) is 0 Å². The van der Waals surface area contributed by atoms with Crippen LogP contribution in [0.1, 0.15) is 49.2 Å². The second-order valence-corrected chi connectivity index (χ2v) is 8.61. The average Bonchev–Trinajstić information content (AvgIpc) is 3.28. The maximum atomic E-state index is 13.0. The van der Waals surface area contributed by atoms with Crippen molar-refractivity contribution in [3.05, 3.63) is 44.5 Å². The molecule has 0 radical (unpaired) electrons. The number of aryl methyl sites for hydroxylation is 2. The highest BCUT2D eigenvalue weighted by Gasteiger charge is 2.35. The topological polar surface area (TPSA) is 115 Å². The first-order valence-corrected chi connectivity index (χ1v) is 10.5. The van der Waals surface area contributed by atoms with E-state index in [0.29, 0.717) is 17.7 Å². The third-order valence-electron chi connectivity index (χ3n) is 4.96. The first kappa shape index (κ1) is 20.8. The van der Waals surface area contributed by atoms with Gasteiger partial charge in [-0.3, -0.25) is 18.6 Å². The Bertz CT molecular complexity index is 921. The molecular weight excluding hydrogens is 382 g/mol. The number of hydrogen-bond acceptors (Lipinski definition) is 7. The molecule has 0 bridgehead atoms. The lowest BCUT2D eigenvalue weighted by molar-refractivity contribution is 0.137. The molecule has 1 aliphatic heterocycles. The molecule has 0 aromatic carbocycles. The Hall–Kier alpha value is -1.91. The van der Waals surface area contributed by atoms with Crippen LogP contribution in [-0.2, 0) is 13.1 Å². The van der Waals surface area contributed by atoms with Crippen molar-refractivity contribution in [2.75, 3.05) is 6.61 Å². The molecule has 2 aromatic rings. The molecule has 0 saturated carbocycles. The van der Waals surface area contributed by atoms with Gasteiger partial charge in [0.15, 0.2) is 0 Å². The Balaban J connectivity index is 1.85. The van der Waals surface area contributed by atoms with E-state index in [-0.39, 0.29) is 29.3 Å². The van der Waals surface area contributed by atoms with Gasteiger partial charge in [-0.15, -0.1) is 16.9 Å². The highest BCUT2D eigenvalue weighted by Crippen LogP contribution is 2.40. The molecule has 3 heterocycles. The Morgan fingerprint density at radius 3 is 2.75 bits per heavy atom.